The molecule has 2 N–H and O–H groups in total. The number of phenols is 1. The number of aromatic nitrogens is 5. The van der Waals surface area contributed by atoms with E-state index in [1.165, 1.54) is 6.92 Å². The van der Waals surface area contributed by atoms with Gasteiger partial charge in [0.25, 0.3) is 0 Å². The van der Waals surface area contributed by atoms with Gasteiger partial charge in [-0.15, -0.1) is 0 Å². The minimum atomic E-state index is -0.0603. The Morgan fingerprint density at radius 3 is 2.65 bits per heavy atom. The highest BCUT2D eigenvalue weighted by Crippen LogP contribution is 2.26. The van der Waals surface area contributed by atoms with Crippen LogP contribution in [0, 0.1) is 0 Å². The van der Waals surface area contributed by atoms with Gasteiger partial charge in [-0.2, -0.15) is 0 Å². The average Bonchev–Trinajstić information content (AvgIpc) is 3.20. The molecule has 0 aliphatic carbocycles. The first-order valence-corrected chi connectivity index (χ1v) is 10.1. The summed E-state index contributed by atoms with van der Waals surface area (Å²) in [6.07, 6.45) is 5.72. The van der Waals surface area contributed by atoms with E-state index in [1.54, 1.807) is 36.9 Å². The normalized spacial score (nSPS) is 11.2. The number of hydrogen-bond acceptors (Lipinski definition) is 7. The van der Waals surface area contributed by atoms with Gasteiger partial charge in [-0.25, -0.2) is 15.0 Å². The maximum atomic E-state index is 11.8. The molecule has 3 heterocycles. The summed E-state index contributed by atoms with van der Waals surface area (Å²) in [5, 5.41) is 12.8. The predicted octanol–water partition coefficient (Wildman–Crippen LogP) is 4.03. The lowest BCUT2D eigenvalue weighted by Gasteiger charge is -2.11. The molecule has 4 rings (SSSR count). The molecular formula is C23H24N6O2. The molecule has 3 aromatic heterocycles. The van der Waals surface area contributed by atoms with Crippen LogP contribution >= 0.6 is 0 Å². The van der Waals surface area contributed by atoms with Gasteiger partial charge in [-0.3, -0.25) is 9.78 Å². The molecule has 0 saturated heterocycles. The molecular weight excluding hydrogens is 392 g/mol. The lowest BCUT2D eigenvalue weighted by Crippen LogP contribution is -2.09. The van der Waals surface area contributed by atoms with E-state index in [-0.39, 0.29) is 17.6 Å². The van der Waals surface area contributed by atoms with Gasteiger partial charge in [0.1, 0.15) is 11.3 Å². The van der Waals surface area contributed by atoms with Crippen LogP contribution in [-0.2, 0) is 6.42 Å². The Hall–Kier alpha value is -3.81. The molecule has 8 nitrogen and oxygen atoms in total. The van der Waals surface area contributed by atoms with Crippen LogP contribution in [0.25, 0.3) is 22.6 Å². The van der Waals surface area contributed by atoms with E-state index in [0.29, 0.717) is 34.8 Å². The third kappa shape index (κ3) is 4.37. The molecule has 0 aliphatic heterocycles. The molecule has 0 bridgehead atoms. The quantitative estimate of drug-likeness (QED) is 0.438. The van der Waals surface area contributed by atoms with Gasteiger partial charge in [0.2, 0.25) is 0 Å². The molecule has 8 heteroatoms. The van der Waals surface area contributed by atoms with Crippen LogP contribution in [0.3, 0.4) is 0 Å². The fraction of sp³-hybridized carbons (Fsp3) is 0.261. The van der Waals surface area contributed by atoms with Crippen LogP contribution in [0.2, 0.25) is 0 Å². The highest BCUT2D eigenvalue weighted by atomic mass is 16.3. The number of anilines is 1. The lowest BCUT2D eigenvalue weighted by atomic mass is 10.1. The van der Waals surface area contributed by atoms with Crippen LogP contribution in [0.4, 0.5) is 5.82 Å². The van der Waals surface area contributed by atoms with E-state index in [1.807, 2.05) is 16.7 Å². The van der Waals surface area contributed by atoms with Gasteiger partial charge in [0.05, 0.1) is 6.33 Å². The number of Topliss-reactive ketones (excluding diaryl/α,β-unsaturated/α-hetero) is 1. The van der Waals surface area contributed by atoms with E-state index in [0.717, 1.165) is 17.6 Å². The number of carbonyl (C=O) groups is 1. The van der Waals surface area contributed by atoms with Crippen molar-refractivity contribution >= 4 is 22.8 Å². The third-order valence-electron chi connectivity index (χ3n) is 5.02. The number of ketones is 1. The summed E-state index contributed by atoms with van der Waals surface area (Å²) in [6.45, 7) is 6.28. The maximum absolute atomic E-state index is 11.8. The summed E-state index contributed by atoms with van der Waals surface area (Å²) < 4.78 is 1.99. The van der Waals surface area contributed by atoms with Crippen LogP contribution in [0.1, 0.15) is 42.7 Å². The number of aromatic hydroxyl groups is 1. The summed E-state index contributed by atoms with van der Waals surface area (Å²) in [4.78, 5) is 29.9. The minimum absolute atomic E-state index is 0.0603. The molecule has 0 spiro atoms. The number of fused-ring (bicyclic) bond motifs is 1. The van der Waals surface area contributed by atoms with Crippen molar-refractivity contribution in [1.29, 1.82) is 0 Å². The Bertz CT molecular complexity index is 1230. The topological polar surface area (TPSA) is 106 Å². The van der Waals surface area contributed by atoms with E-state index < -0.39 is 0 Å². The molecule has 31 heavy (non-hydrogen) atoms. The van der Waals surface area contributed by atoms with Gasteiger partial charge in [0.15, 0.2) is 23.1 Å². The lowest BCUT2D eigenvalue weighted by molar-refractivity contribution is 0.101. The van der Waals surface area contributed by atoms with Crippen LogP contribution in [-0.4, -0.2) is 41.9 Å². The Morgan fingerprint density at radius 2 is 1.94 bits per heavy atom. The first-order valence-electron chi connectivity index (χ1n) is 10.1. The van der Waals surface area contributed by atoms with Crippen LogP contribution in [0.15, 0.2) is 49.1 Å². The number of phenolic OH excluding ortho intramolecular Hbond substituents is 1. The van der Waals surface area contributed by atoms with Crippen LogP contribution in [0.5, 0.6) is 5.75 Å². The molecule has 0 saturated carbocycles. The molecule has 0 radical (unpaired) electrons. The first-order chi connectivity index (χ1) is 14.9. The summed E-state index contributed by atoms with van der Waals surface area (Å²) in [5.41, 5.74) is 3.70. The van der Waals surface area contributed by atoms with Gasteiger partial charge >= 0.3 is 0 Å². The van der Waals surface area contributed by atoms with Crippen molar-refractivity contribution in [3.63, 3.8) is 0 Å². The zero-order chi connectivity index (χ0) is 22.0. The number of nitrogens with one attached hydrogen (secondary N) is 1. The Balaban J connectivity index is 1.70. The summed E-state index contributed by atoms with van der Waals surface area (Å²) in [6, 6.07) is 9.08. The highest BCUT2D eigenvalue weighted by molar-refractivity contribution is 5.95. The predicted molar refractivity (Wildman–Crippen MR) is 119 cm³/mol. The number of hydrogen-bond donors (Lipinski definition) is 2. The van der Waals surface area contributed by atoms with Crippen molar-refractivity contribution in [3.05, 3.63) is 60.2 Å². The number of imidazole rings is 1. The fourth-order valence-corrected chi connectivity index (χ4v) is 3.29. The van der Waals surface area contributed by atoms with Gasteiger partial charge < -0.3 is 15.0 Å². The van der Waals surface area contributed by atoms with Gasteiger partial charge in [-0.1, -0.05) is 12.1 Å². The van der Waals surface area contributed by atoms with Crippen molar-refractivity contribution in [3.8, 4) is 17.1 Å². The maximum Gasteiger partial charge on any atom is 0.166 e. The highest BCUT2D eigenvalue weighted by Gasteiger charge is 2.16. The molecule has 0 atom stereocenters. The second-order valence-electron chi connectivity index (χ2n) is 7.68. The minimum Gasteiger partial charge on any atom is -0.508 e. The van der Waals surface area contributed by atoms with Gasteiger partial charge in [0, 0.05) is 36.1 Å². The Kier molecular flexibility index (Phi) is 5.62. The van der Waals surface area contributed by atoms with Crippen LogP contribution < -0.4 is 5.32 Å². The summed E-state index contributed by atoms with van der Waals surface area (Å²) in [5.74, 6) is 1.30. The Morgan fingerprint density at radius 1 is 1.16 bits per heavy atom. The number of rotatable bonds is 7. The molecule has 0 unspecified atom stereocenters. The molecule has 1 aromatic carbocycles. The third-order valence-corrected chi connectivity index (χ3v) is 5.02. The molecule has 4 aromatic rings. The zero-order valence-corrected chi connectivity index (χ0v) is 17.7. The van der Waals surface area contributed by atoms with E-state index in [2.05, 4.69) is 29.1 Å². The molecule has 158 valence electrons. The molecule has 0 fully saturated rings. The molecule has 0 aliphatic rings. The number of benzene rings is 1. The van der Waals surface area contributed by atoms with E-state index in [4.69, 9.17) is 9.97 Å². The first kappa shape index (κ1) is 20.5. The fourth-order valence-electron chi connectivity index (χ4n) is 3.29. The molecule has 0 amide bonds. The number of nitrogens with zero attached hydrogens (tertiary/aromatic N) is 5. The van der Waals surface area contributed by atoms with Crippen molar-refractivity contribution in [2.24, 2.45) is 0 Å². The van der Waals surface area contributed by atoms with E-state index in [9.17, 15) is 9.90 Å². The van der Waals surface area contributed by atoms with E-state index >= 15 is 0 Å². The van der Waals surface area contributed by atoms with Crippen molar-refractivity contribution in [1.82, 2.24) is 24.5 Å². The SMILES string of the molecule is CC(=O)c1cncc(-c2nc(NCCc3ccc(O)cc3)c3ncn(C(C)C)c3n2)c1. The van der Waals surface area contributed by atoms with Crippen molar-refractivity contribution in [2.75, 3.05) is 11.9 Å². The van der Waals surface area contributed by atoms with Gasteiger partial charge in [-0.05, 0) is 51.0 Å². The number of pyridine rings is 1. The average molecular weight is 416 g/mol. The number of carbonyl (C=O) groups excluding carboxylic acids is 1. The van der Waals surface area contributed by atoms with Crippen molar-refractivity contribution < 1.29 is 9.90 Å². The second-order valence-corrected chi connectivity index (χ2v) is 7.68. The monoisotopic (exact) mass is 416 g/mol. The largest absolute Gasteiger partial charge is 0.508 e. The Labute approximate surface area is 180 Å². The smallest absolute Gasteiger partial charge is 0.166 e. The second kappa shape index (κ2) is 8.51. The summed E-state index contributed by atoms with van der Waals surface area (Å²) >= 11 is 0. The standard InChI is InChI=1S/C23H24N6O2/c1-14(2)29-13-26-20-22(25-9-8-16-4-6-19(31)7-5-16)27-21(28-23(20)29)18-10-17(15(3)30)11-24-12-18/h4-7,10-14,31H,8-9H2,1-3H3,(H,25,27,28). The zero-order valence-electron chi connectivity index (χ0n) is 17.7. The summed E-state index contributed by atoms with van der Waals surface area (Å²) in [7, 11) is 0. The van der Waals surface area contributed by atoms with Crippen molar-refractivity contribution in [2.45, 2.75) is 33.2 Å².